The Bertz CT molecular complexity index is 542. The second-order valence-electron chi connectivity index (χ2n) is 5.95. The lowest BCUT2D eigenvalue weighted by atomic mass is 10.0. The number of nitrogens with zero attached hydrogens (tertiary/aromatic N) is 2. The number of hydrogen-bond acceptors (Lipinski definition) is 3. The molecular weight excluding hydrogens is 268 g/mol. The standard InChI is InChI=1S/C16H22N2O3/c1-11-9-18(10-14(11)17(2)3)15(19)8-12-6-4-5-7-13(12)16(20)21/h4-7,11,14H,8-10H2,1-3H3,(H,20,21). The highest BCUT2D eigenvalue weighted by Crippen LogP contribution is 2.21. The molecule has 1 fully saturated rings. The third kappa shape index (κ3) is 3.42. The van der Waals surface area contributed by atoms with Crippen LogP contribution in [0.4, 0.5) is 0 Å². The lowest BCUT2D eigenvalue weighted by Crippen LogP contribution is -2.36. The Balaban J connectivity index is 2.08. The smallest absolute Gasteiger partial charge is 0.335 e. The van der Waals surface area contributed by atoms with Crippen molar-refractivity contribution in [2.45, 2.75) is 19.4 Å². The van der Waals surface area contributed by atoms with E-state index in [0.29, 0.717) is 24.1 Å². The molecule has 1 aliphatic rings. The third-order valence-electron chi connectivity index (χ3n) is 4.18. The van der Waals surface area contributed by atoms with Gasteiger partial charge in [-0.05, 0) is 31.6 Å². The first-order valence-corrected chi connectivity index (χ1v) is 7.15. The van der Waals surface area contributed by atoms with E-state index in [1.807, 2.05) is 19.0 Å². The number of carbonyl (C=O) groups is 2. The van der Waals surface area contributed by atoms with Crippen LogP contribution in [0.15, 0.2) is 24.3 Å². The molecule has 0 radical (unpaired) electrons. The molecule has 0 bridgehead atoms. The van der Waals surface area contributed by atoms with Crippen molar-refractivity contribution in [1.29, 1.82) is 0 Å². The minimum atomic E-state index is -0.987. The Morgan fingerprint density at radius 3 is 2.52 bits per heavy atom. The molecule has 5 heteroatoms. The number of benzene rings is 1. The van der Waals surface area contributed by atoms with Crippen molar-refractivity contribution in [2.24, 2.45) is 5.92 Å². The number of carboxylic acids is 1. The van der Waals surface area contributed by atoms with Gasteiger partial charge in [-0.1, -0.05) is 25.1 Å². The summed E-state index contributed by atoms with van der Waals surface area (Å²) in [6.07, 6.45) is 0.148. The maximum atomic E-state index is 12.4. The van der Waals surface area contributed by atoms with E-state index in [4.69, 9.17) is 5.11 Å². The molecule has 0 aliphatic carbocycles. The minimum Gasteiger partial charge on any atom is -0.478 e. The first kappa shape index (κ1) is 15.5. The van der Waals surface area contributed by atoms with Crippen LogP contribution in [-0.2, 0) is 11.2 Å². The van der Waals surface area contributed by atoms with Crippen molar-refractivity contribution in [1.82, 2.24) is 9.80 Å². The maximum Gasteiger partial charge on any atom is 0.335 e. The van der Waals surface area contributed by atoms with Gasteiger partial charge in [-0.15, -0.1) is 0 Å². The summed E-state index contributed by atoms with van der Waals surface area (Å²) in [5, 5.41) is 9.17. The van der Waals surface area contributed by atoms with Crippen LogP contribution in [0.2, 0.25) is 0 Å². The fraction of sp³-hybridized carbons (Fsp3) is 0.500. The number of rotatable bonds is 4. The van der Waals surface area contributed by atoms with Gasteiger partial charge in [0.15, 0.2) is 0 Å². The second kappa shape index (κ2) is 6.26. The summed E-state index contributed by atoms with van der Waals surface area (Å²) in [4.78, 5) is 27.6. The van der Waals surface area contributed by atoms with E-state index >= 15 is 0 Å². The molecule has 1 N–H and O–H groups in total. The lowest BCUT2D eigenvalue weighted by Gasteiger charge is -2.22. The zero-order valence-corrected chi connectivity index (χ0v) is 12.7. The van der Waals surface area contributed by atoms with Crippen LogP contribution >= 0.6 is 0 Å². The number of likely N-dealkylation sites (N-methyl/N-ethyl adjacent to an activating group) is 1. The molecule has 1 aromatic carbocycles. The second-order valence-corrected chi connectivity index (χ2v) is 5.95. The molecule has 1 heterocycles. The van der Waals surface area contributed by atoms with Crippen LogP contribution in [0.1, 0.15) is 22.8 Å². The fourth-order valence-corrected chi connectivity index (χ4v) is 2.98. The monoisotopic (exact) mass is 290 g/mol. The number of likely N-dealkylation sites (tertiary alicyclic amines) is 1. The highest BCUT2D eigenvalue weighted by Gasteiger charge is 2.33. The van der Waals surface area contributed by atoms with E-state index in [9.17, 15) is 9.59 Å². The summed E-state index contributed by atoms with van der Waals surface area (Å²) in [5.74, 6) is -0.557. The predicted octanol–water partition coefficient (Wildman–Crippen LogP) is 1.34. The molecular formula is C16H22N2O3. The summed E-state index contributed by atoms with van der Waals surface area (Å²) in [6.45, 7) is 3.59. The normalized spacial score (nSPS) is 21.8. The van der Waals surface area contributed by atoms with Crippen molar-refractivity contribution in [3.63, 3.8) is 0 Å². The Hall–Kier alpha value is -1.88. The minimum absolute atomic E-state index is 0.0000926. The van der Waals surface area contributed by atoms with Crippen LogP contribution in [-0.4, -0.2) is 60.0 Å². The largest absolute Gasteiger partial charge is 0.478 e. The van der Waals surface area contributed by atoms with E-state index in [-0.39, 0.29) is 17.9 Å². The Kier molecular flexibility index (Phi) is 4.63. The Morgan fingerprint density at radius 1 is 1.29 bits per heavy atom. The predicted molar refractivity (Wildman–Crippen MR) is 80.3 cm³/mol. The van der Waals surface area contributed by atoms with Crippen molar-refractivity contribution in [3.8, 4) is 0 Å². The third-order valence-corrected chi connectivity index (χ3v) is 4.18. The van der Waals surface area contributed by atoms with Gasteiger partial charge >= 0.3 is 5.97 Å². The molecule has 114 valence electrons. The first-order valence-electron chi connectivity index (χ1n) is 7.15. The number of hydrogen-bond donors (Lipinski definition) is 1. The molecule has 0 saturated carbocycles. The van der Waals surface area contributed by atoms with E-state index in [1.54, 1.807) is 24.3 Å². The molecule has 2 atom stereocenters. The Labute approximate surface area is 125 Å². The summed E-state index contributed by atoms with van der Waals surface area (Å²) in [5.41, 5.74) is 0.790. The lowest BCUT2D eigenvalue weighted by molar-refractivity contribution is -0.129. The molecule has 1 saturated heterocycles. The fourth-order valence-electron chi connectivity index (χ4n) is 2.98. The molecule has 0 spiro atoms. The number of carboxylic acid groups (broad SMARTS) is 1. The van der Waals surface area contributed by atoms with Crippen molar-refractivity contribution in [2.75, 3.05) is 27.2 Å². The van der Waals surface area contributed by atoms with Gasteiger partial charge < -0.3 is 14.9 Å². The number of carbonyl (C=O) groups excluding carboxylic acids is 1. The van der Waals surface area contributed by atoms with Gasteiger partial charge in [0.25, 0.3) is 0 Å². The van der Waals surface area contributed by atoms with Crippen molar-refractivity contribution in [3.05, 3.63) is 35.4 Å². The van der Waals surface area contributed by atoms with Gasteiger partial charge in [0.1, 0.15) is 0 Å². The molecule has 0 aromatic heterocycles. The molecule has 1 aliphatic heterocycles. The quantitative estimate of drug-likeness (QED) is 0.909. The summed E-state index contributed by atoms with van der Waals surface area (Å²) >= 11 is 0. The molecule has 2 rings (SSSR count). The highest BCUT2D eigenvalue weighted by molar-refractivity contribution is 5.91. The van der Waals surface area contributed by atoms with Crippen LogP contribution in [0.3, 0.4) is 0 Å². The van der Waals surface area contributed by atoms with E-state index in [0.717, 1.165) is 6.54 Å². The van der Waals surface area contributed by atoms with Gasteiger partial charge in [0, 0.05) is 19.1 Å². The van der Waals surface area contributed by atoms with Gasteiger partial charge in [-0.25, -0.2) is 4.79 Å². The number of aromatic carboxylic acids is 1. The topological polar surface area (TPSA) is 60.9 Å². The van der Waals surface area contributed by atoms with E-state index < -0.39 is 5.97 Å². The molecule has 21 heavy (non-hydrogen) atoms. The maximum absolute atomic E-state index is 12.4. The van der Waals surface area contributed by atoms with Crippen LogP contribution in [0.5, 0.6) is 0 Å². The van der Waals surface area contributed by atoms with Crippen LogP contribution < -0.4 is 0 Å². The average molecular weight is 290 g/mol. The molecule has 2 unspecified atom stereocenters. The van der Waals surface area contributed by atoms with E-state index in [1.165, 1.54) is 0 Å². The van der Waals surface area contributed by atoms with Gasteiger partial charge in [0.2, 0.25) is 5.91 Å². The molecule has 1 amide bonds. The summed E-state index contributed by atoms with van der Waals surface area (Å²) < 4.78 is 0. The van der Waals surface area contributed by atoms with Crippen LogP contribution in [0.25, 0.3) is 0 Å². The summed E-state index contributed by atoms with van der Waals surface area (Å²) in [7, 11) is 4.05. The van der Waals surface area contributed by atoms with Gasteiger partial charge in [0.05, 0.1) is 12.0 Å². The highest BCUT2D eigenvalue weighted by atomic mass is 16.4. The van der Waals surface area contributed by atoms with Crippen molar-refractivity contribution < 1.29 is 14.7 Å². The van der Waals surface area contributed by atoms with Gasteiger partial charge in [-0.3, -0.25) is 4.79 Å². The number of amides is 1. The summed E-state index contributed by atoms with van der Waals surface area (Å²) in [6, 6.07) is 7.07. The molecule has 1 aromatic rings. The van der Waals surface area contributed by atoms with E-state index in [2.05, 4.69) is 11.8 Å². The SMILES string of the molecule is CC1CN(C(=O)Cc2ccccc2C(=O)O)CC1N(C)C. The van der Waals surface area contributed by atoms with Gasteiger partial charge in [-0.2, -0.15) is 0 Å². The zero-order valence-electron chi connectivity index (χ0n) is 12.7. The average Bonchev–Trinajstić information content (AvgIpc) is 2.81. The van der Waals surface area contributed by atoms with Crippen LogP contribution in [0, 0.1) is 5.92 Å². The Morgan fingerprint density at radius 2 is 1.95 bits per heavy atom. The van der Waals surface area contributed by atoms with Crippen molar-refractivity contribution >= 4 is 11.9 Å². The zero-order chi connectivity index (χ0) is 15.6. The first-order chi connectivity index (χ1) is 9.90. The molecule has 5 nitrogen and oxygen atoms in total.